The molecule has 2 heterocycles. The zero-order chi connectivity index (χ0) is 10.1. The van der Waals surface area contributed by atoms with Crippen LogP contribution in [0.5, 0.6) is 0 Å². The van der Waals surface area contributed by atoms with Crippen molar-refractivity contribution in [3.63, 3.8) is 0 Å². The summed E-state index contributed by atoms with van der Waals surface area (Å²) in [5.41, 5.74) is 2.66. The molecular weight excluding hydrogens is 174 g/mol. The first-order valence-corrected chi connectivity index (χ1v) is 5.42. The van der Waals surface area contributed by atoms with E-state index in [2.05, 4.69) is 24.3 Å². The highest BCUT2D eigenvalue weighted by molar-refractivity contribution is 5.20. The van der Waals surface area contributed by atoms with E-state index in [1.165, 1.54) is 24.1 Å². The fourth-order valence-electron chi connectivity index (χ4n) is 2.42. The van der Waals surface area contributed by atoms with Crippen LogP contribution in [-0.2, 0) is 7.05 Å². The van der Waals surface area contributed by atoms with Crippen molar-refractivity contribution >= 4 is 0 Å². The maximum atomic E-state index is 4.30. The van der Waals surface area contributed by atoms with Crippen molar-refractivity contribution in [3.05, 3.63) is 17.5 Å². The number of hydrogen-bond donors (Lipinski definition) is 1. The SMILES string of the molecule is Cc1cnn(C)c1C1NCCCC1C. The molecule has 0 aromatic carbocycles. The molecule has 1 aromatic rings. The van der Waals surface area contributed by atoms with Crippen LogP contribution in [0.1, 0.15) is 37.1 Å². The Hall–Kier alpha value is -0.830. The summed E-state index contributed by atoms with van der Waals surface area (Å²) in [4.78, 5) is 0. The van der Waals surface area contributed by atoms with Gasteiger partial charge >= 0.3 is 0 Å². The molecule has 0 spiro atoms. The third kappa shape index (κ3) is 1.57. The fraction of sp³-hybridized carbons (Fsp3) is 0.727. The molecule has 0 aliphatic carbocycles. The molecular formula is C11H19N3. The Labute approximate surface area is 85.5 Å². The smallest absolute Gasteiger partial charge is 0.0582 e. The first-order valence-electron chi connectivity index (χ1n) is 5.42. The second-order valence-corrected chi connectivity index (χ2v) is 4.39. The lowest BCUT2D eigenvalue weighted by atomic mass is 9.89. The fourth-order valence-corrected chi connectivity index (χ4v) is 2.42. The summed E-state index contributed by atoms with van der Waals surface area (Å²) in [5.74, 6) is 0.720. The molecule has 0 bridgehead atoms. The second-order valence-electron chi connectivity index (χ2n) is 4.39. The Morgan fingerprint density at radius 1 is 1.57 bits per heavy atom. The molecule has 1 N–H and O–H groups in total. The van der Waals surface area contributed by atoms with E-state index in [1.807, 2.05) is 17.9 Å². The lowest BCUT2D eigenvalue weighted by molar-refractivity contribution is 0.293. The summed E-state index contributed by atoms with van der Waals surface area (Å²) in [6.45, 7) is 5.61. The van der Waals surface area contributed by atoms with Gasteiger partial charge in [0.15, 0.2) is 0 Å². The highest BCUT2D eigenvalue weighted by Crippen LogP contribution is 2.29. The van der Waals surface area contributed by atoms with Crippen molar-refractivity contribution in [3.8, 4) is 0 Å². The largest absolute Gasteiger partial charge is 0.308 e. The number of rotatable bonds is 1. The third-order valence-corrected chi connectivity index (χ3v) is 3.24. The topological polar surface area (TPSA) is 29.9 Å². The van der Waals surface area contributed by atoms with E-state index in [9.17, 15) is 0 Å². The van der Waals surface area contributed by atoms with Crippen LogP contribution in [0.4, 0.5) is 0 Å². The van der Waals surface area contributed by atoms with Crippen LogP contribution in [0.3, 0.4) is 0 Å². The Morgan fingerprint density at radius 2 is 2.36 bits per heavy atom. The van der Waals surface area contributed by atoms with Crippen molar-refractivity contribution in [1.82, 2.24) is 15.1 Å². The van der Waals surface area contributed by atoms with Gasteiger partial charge in [0.05, 0.1) is 17.9 Å². The number of piperidine rings is 1. The normalized spacial score (nSPS) is 27.9. The molecule has 1 aromatic heterocycles. The summed E-state index contributed by atoms with van der Waals surface area (Å²) in [7, 11) is 2.03. The Morgan fingerprint density at radius 3 is 2.93 bits per heavy atom. The molecule has 0 radical (unpaired) electrons. The van der Waals surface area contributed by atoms with E-state index in [-0.39, 0.29) is 0 Å². The highest BCUT2D eigenvalue weighted by atomic mass is 15.3. The molecule has 0 saturated carbocycles. The predicted octanol–water partition coefficient (Wildman–Crippen LogP) is 1.79. The monoisotopic (exact) mass is 193 g/mol. The van der Waals surface area contributed by atoms with Gasteiger partial charge in [-0.3, -0.25) is 4.68 Å². The maximum Gasteiger partial charge on any atom is 0.0582 e. The van der Waals surface area contributed by atoms with Gasteiger partial charge in [0.1, 0.15) is 0 Å². The number of nitrogens with zero attached hydrogens (tertiary/aromatic N) is 2. The van der Waals surface area contributed by atoms with Gasteiger partial charge in [-0.05, 0) is 37.8 Å². The quantitative estimate of drug-likeness (QED) is 0.737. The molecule has 2 unspecified atom stereocenters. The van der Waals surface area contributed by atoms with E-state index in [4.69, 9.17) is 0 Å². The van der Waals surface area contributed by atoms with Crippen LogP contribution in [0, 0.1) is 12.8 Å². The highest BCUT2D eigenvalue weighted by Gasteiger charge is 2.25. The zero-order valence-electron chi connectivity index (χ0n) is 9.25. The van der Waals surface area contributed by atoms with Crippen molar-refractivity contribution in [1.29, 1.82) is 0 Å². The summed E-state index contributed by atoms with van der Waals surface area (Å²) in [6, 6.07) is 0.497. The van der Waals surface area contributed by atoms with Crippen molar-refractivity contribution in [2.75, 3.05) is 6.54 Å². The maximum absolute atomic E-state index is 4.30. The summed E-state index contributed by atoms with van der Waals surface area (Å²) >= 11 is 0. The number of aromatic nitrogens is 2. The van der Waals surface area contributed by atoms with E-state index in [0.717, 1.165) is 12.5 Å². The number of nitrogens with one attached hydrogen (secondary N) is 1. The Bertz CT molecular complexity index is 297. The van der Waals surface area contributed by atoms with Crippen LogP contribution >= 0.6 is 0 Å². The molecule has 3 nitrogen and oxygen atoms in total. The molecule has 2 atom stereocenters. The molecule has 14 heavy (non-hydrogen) atoms. The van der Waals surface area contributed by atoms with E-state index >= 15 is 0 Å². The lowest BCUT2D eigenvalue weighted by Gasteiger charge is -2.30. The molecule has 1 aliphatic rings. The zero-order valence-corrected chi connectivity index (χ0v) is 9.25. The standard InChI is InChI=1S/C11H19N3/c1-8-5-4-6-12-10(8)11-9(2)7-13-14(11)3/h7-8,10,12H,4-6H2,1-3H3. The van der Waals surface area contributed by atoms with Gasteiger partial charge in [-0.1, -0.05) is 6.92 Å². The van der Waals surface area contributed by atoms with Crippen LogP contribution < -0.4 is 5.32 Å². The number of aryl methyl sites for hydroxylation is 2. The van der Waals surface area contributed by atoms with Crippen molar-refractivity contribution < 1.29 is 0 Å². The van der Waals surface area contributed by atoms with Gasteiger partial charge in [-0.15, -0.1) is 0 Å². The number of hydrogen-bond acceptors (Lipinski definition) is 2. The molecule has 1 fully saturated rings. The molecule has 1 saturated heterocycles. The third-order valence-electron chi connectivity index (χ3n) is 3.24. The molecule has 3 heteroatoms. The molecule has 0 amide bonds. The van der Waals surface area contributed by atoms with Crippen LogP contribution in [0.15, 0.2) is 6.20 Å². The van der Waals surface area contributed by atoms with Gasteiger partial charge in [0.25, 0.3) is 0 Å². The van der Waals surface area contributed by atoms with Crippen molar-refractivity contribution in [2.24, 2.45) is 13.0 Å². The molecule has 2 rings (SSSR count). The summed E-state index contributed by atoms with van der Waals surface area (Å²) in [6.07, 6.45) is 4.58. The van der Waals surface area contributed by atoms with Crippen LogP contribution in [-0.4, -0.2) is 16.3 Å². The van der Waals surface area contributed by atoms with Gasteiger partial charge in [-0.2, -0.15) is 5.10 Å². The first-order chi connectivity index (χ1) is 6.70. The summed E-state index contributed by atoms with van der Waals surface area (Å²) < 4.78 is 2.01. The van der Waals surface area contributed by atoms with E-state index < -0.39 is 0 Å². The van der Waals surface area contributed by atoms with Crippen LogP contribution in [0.25, 0.3) is 0 Å². The Balaban J connectivity index is 2.28. The van der Waals surface area contributed by atoms with E-state index in [1.54, 1.807) is 0 Å². The minimum atomic E-state index is 0.497. The average molecular weight is 193 g/mol. The lowest BCUT2D eigenvalue weighted by Crippen LogP contribution is -2.34. The first kappa shape index (κ1) is 9.71. The predicted molar refractivity (Wildman–Crippen MR) is 57.1 cm³/mol. The molecule has 1 aliphatic heterocycles. The minimum absolute atomic E-state index is 0.497. The average Bonchev–Trinajstić information content (AvgIpc) is 2.48. The van der Waals surface area contributed by atoms with Gasteiger partial charge in [0.2, 0.25) is 0 Å². The van der Waals surface area contributed by atoms with Gasteiger partial charge in [-0.25, -0.2) is 0 Å². The van der Waals surface area contributed by atoms with Crippen molar-refractivity contribution in [2.45, 2.75) is 32.7 Å². The van der Waals surface area contributed by atoms with Gasteiger partial charge < -0.3 is 5.32 Å². The van der Waals surface area contributed by atoms with Crippen LogP contribution in [0.2, 0.25) is 0 Å². The summed E-state index contributed by atoms with van der Waals surface area (Å²) in [5, 5.41) is 7.89. The molecule has 78 valence electrons. The Kier molecular flexibility index (Phi) is 2.59. The minimum Gasteiger partial charge on any atom is -0.308 e. The van der Waals surface area contributed by atoms with Gasteiger partial charge in [0, 0.05) is 7.05 Å². The second kappa shape index (κ2) is 3.73. The van der Waals surface area contributed by atoms with E-state index in [0.29, 0.717) is 6.04 Å².